The van der Waals surface area contributed by atoms with Crippen molar-refractivity contribution in [2.24, 2.45) is 0 Å². The Bertz CT molecular complexity index is 58.6. The van der Waals surface area contributed by atoms with Gasteiger partial charge >= 0.3 is 0 Å². The molecule has 0 fully saturated rings. The highest BCUT2D eigenvalue weighted by atomic mass is 32.2. The molecular weight excluding hydrogens is 156 g/mol. The van der Waals surface area contributed by atoms with Crippen LogP contribution in [0.5, 0.6) is 0 Å². The summed E-state index contributed by atoms with van der Waals surface area (Å²) in [6.45, 7) is 6.06. The first-order chi connectivity index (χ1) is 5.41. The summed E-state index contributed by atoms with van der Waals surface area (Å²) >= 11 is 2.01. The molecule has 0 radical (unpaired) electrons. The van der Waals surface area contributed by atoms with Crippen molar-refractivity contribution in [1.82, 2.24) is 0 Å². The Morgan fingerprint density at radius 1 is 1.09 bits per heavy atom. The fraction of sp³-hybridized carbons (Fsp3) is 1.00. The summed E-state index contributed by atoms with van der Waals surface area (Å²) in [6.07, 6.45) is 4.07. The third kappa shape index (κ3) is 10.3. The Kier molecular flexibility index (Phi) is 10.6. The van der Waals surface area contributed by atoms with E-state index in [1.54, 1.807) is 0 Å². The second-order valence-corrected chi connectivity index (χ2v) is 3.74. The first-order valence-corrected chi connectivity index (χ1v) is 5.72. The SMILES string of the molecule is CCCCCSCCOCC. The van der Waals surface area contributed by atoms with E-state index in [-0.39, 0.29) is 0 Å². The van der Waals surface area contributed by atoms with Crippen LogP contribution in [-0.2, 0) is 4.74 Å². The highest BCUT2D eigenvalue weighted by Gasteiger charge is 1.88. The highest BCUT2D eigenvalue weighted by Crippen LogP contribution is 2.05. The minimum Gasteiger partial charge on any atom is -0.381 e. The second-order valence-electron chi connectivity index (χ2n) is 2.52. The molecule has 0 heterocycles. The van der Waals surface area contributed by atoms with Crippen LogP contribution in [0.1, 0.15) is 33.1 Å². The van der Waals surface area contributed by atoms with Crippen molar-refractivity contribution in [3.8, 4) is 0 Å². The molecule has 0 saturated carbocycles. The summed E-state index contributed by atoms with van der Waals surface area (Å²) in [5, 5.41) is 0. The molecule has 11 heavy (non-hydrogen) atoms. The molecule has 0 saturated heterocycles. The Hall–Kier alpha value is 0.310. The van der Waals surface area contributed by atoms with E-state index in [2.05, 4.69) is 6.92 Å². The molecule has 0 atom stereocenters. The van der Waals surface area contributed by atoms with Crippen LogP contribution >= 0.6 is 11.8 Å². The van der Waals surface area contributed by atoms with Gasteiger partial charge in [0, 0.05) is 12.4 Å². The lowest BCUT2D eigenvalue weighted by molar-refractivity contribution is 0.164. The van der Waals surface area contributed by atoms with Gasteiger partial charge in [0.1, 0.15) is 0 Å². The van der Waals surface area contributed by atoms with Gasteiger partial charge in [-0.2, -0.15) is 11.8 Å². The lowest BCUT2D eigenvalue weighted by atomic mass is 10.3. The van der Waals surface area contributed by atoms with Crippen molar-refractivity contribution in [1.29, 1.82) is 0 Å². The van der Waals surface area contributed by atoms with Crippen molar-refractivity contribution in [3.05, 3.63) is 0 Å². The van der Waals surface area contributed by atoms with Gasteiger partial charge in [-0.3, -0.25) is 0 Å². The molecule has 0 unspecified atom stereocenters. The van der Waals surface area contributed by atoms with Crippen molar-refractivity contribution >= 4 is 11.8 Å². The van der Waals surface area contributed by atoms with E-state index in [0.717, 1.165) is 19.0 Å². The molecule has 0 N–H and O–H groups in total. The summed E-state index contributed by atoms with van der Waals surface area (Å²) in [5.74, 6) is 2.47. The van der Waals surface area contributed by atoms with E-state index in [9.17, 15) is 0 Å². The Morgan fingerprint density at radius 2 is 1.91 bits per heavy atom. The number of hydrogen-bond acceptors (Lipinski definition) is 2. The Balaban J connectivity index is 2.69. The van der Waals surface area contributed by atoms with Crippen LogP contribution < -0.4 is 0 Å². The molecule has 1 nitrogen and oxygen atoms in total. The van der Waals surface area contributed by atoms with E-state index in [1.807, 2.05) is 18.7 Å². The topological polar surface area (TPSA) is 9.23 Å². The van der Waals surface area contributed by atoms with Crippen molar-refractivity contribution in [2.75, 3.05) is 24.7 Å². The zero-order valence-corrected chi connectivity index (χ0v) is 8.58. The molecule has 0 spiro atoms. The van der Waals surface area contributed by atoms with Crippen LogP contribution in [0.2, 0.25) is 0 Å². The largest absolute Gasteiger partial charge is 0.381 e. The fourth-order valence-electron chi connectivity index (χ4n) is 0.818. The van der Waals surface area contributed by atoms with E-state index in [0.29, 0.717) is 0 Å². The molecule has 0 aromatic rings. The molecule has 0 aromatic heterocycles. The van der Waals surface area contributed by atoms with E-state index < -0.39 is 0 Å². The molecule has 0 aliphatic rings. The standard InChI is InChI=1S/C9H20OS/c1-3-5-6-8-11-9-7-10-4-2/h3-9H2,1-2H3. The minimum absolute atomic E-state index is 0.857. The number of rotatable bonds is 8. The highest BCUT2D eigenvalue weighted by molar-refractivity contribution is 7.99. The van der Waals surface area contributed by atoms with Crippen LogP contribution in [0, 0.1) is 0 Å². The number of ether oxygens (including phenoxy) is 1. The zero-order valence-electron chi connectivity index (χ0n) is 7.77. The molecule has 0 aromatic carbocycles. The van der Waals surface area contributed by atoms with Crippen LogP contribution in [0.25, 0.3) is 0 Å². The third-order valence-corrected chi connectivity index (χ3v) is 2.50. The lowest BCUT2D eigenvalue weighted by Gasteiger charge is -2.00. The Labute approximate surface area is 74.9 Å². The van der Waals surface area contributed by atoms with Crippen LogP contribution in [-0.4, -0.2) is 24.7 Å². The smallest absolute Gasteiger partial charge is 0.0556 e. The van der Waals surface area contributed by atoms with Gasteiger partial charge < -0.3 is 4.74 Å². The average molecular weight is 176 g/mol. The van der Waals surface area contributed by atoms with Gasteiger partial charge in [-0.1, -0.05) is 19.8 Å². The number of hydrogen-bond donors (Lipinski definition) is 0. The normalized spacial score (nSPS) is 10.4. The molecule has 0 aliphatic heterocycles. The average Bonchev–Trinajstić information content (AvgIpc) is 2.03. The maximum atomic E-state index is 5.22. The molecule has 0 bridgehead atoms. The summed E-state index contributed by atoms with van der Waals surface area (Å²) < 4.78 is 5.22. The zero-order chi connectivity index (χ0) is 8.36. The van der Waals surface area contributed by atoms with Gasteiger partial charge in [-0.05, 0) is 19.1 Å². The van der Waals surface area contributed by atoms with Crippen molar-refractivity contribution in [3.63, 3.8) is 0 Å². The van der Waals surface area contributed by atoms with Gasteiger partial charge in [0.25, 0.3) is 0 Å². The quantitative estimate of drug-likeness (QED) is 0.526. The van der Waals surface area contributed by atoms with Crippen LogP contribution in [0.4, 0.5) is 0 Å². The molecule has 0 rings (SSSR count). The van der Waals surface area contributed by atoms with Crippen molar-refractivity contribution in [2.45, 2.75) is 33.1 Å². The van der Waals surface area contributed by atoms with Crippen molar-refractivity contribution < 1.29 is 4.74 Å². The molecule has 0 amide bonds. The maximum absolute atomic E-state index is 5.22. The van der Waals surface area contributed by atoms with Gasteiger partial charge in [0.15, 0.2) is 0 Å². The number of unbranched alkanes of at least 4 members (excludes halogenated alkanes) is 2. The van der Waals surface area contributed by atoms with Crippen LogP contribution in [0.3, 0.4) is 0 Å². The van der Waals surface area contributed by atoms with Gasteiger partial charge in [-0.15, -0.1) is 0 Å². The van der Waals surface area contributed by atoms with E-state index in [1.165, 1.54) is 25.0 Å². The fourth-order valence-corrected chi connectivity index (χ4v) is 1.67. The predicted molar refractivity (Wildman–Crippen MR) is 53.3 cm³/mol. The first kappa shape index (κ1) is 11.3. The molecular formula is C9H20OS. The lowest BCUT2D eigenvalue weighted by Crippen LogP contribution is -1.96. The van der Waals surface area contributed by atoms with E-state index in [4.69, 9.17) is 4.74 Å². The van der Waals surface area contributed by atoms with E-state index >= 15 is 0 Å². The maximum Gasteiger partial charge on any atom is 0.0556 e. The molecule has 0 aliphatic carbocycles. The monoisotopic (exact) mass is 176 g/mol. The Morgan fingerprint density at radius 3 is 2.55 bits per heavy atom. The third-order valence-electron chi connectivity index (χ3n) is 1.47. The van der Waals surface area contributed by atoms with Crippen LogP contribution in [0.15, 0.2) is 0 Å². The summed E-state index contributed by atoms with van der Waals surface area (Å²) in [6, 6.07) is 0. The summed E-state index contributed by atoms with van der Waals surface area (Å²) in [7, 11) is 0. The van der Waals surface area contributed by atoms with Gasteiger partial charge in [0.2, 0.25) is 0 Å². The van der Waals surface area contributed by atoms with Gasteiger partial charge in [-0.25, -0.2) is 0 Å². The minimum atomic E-state index is 0.857. The molecule has 2 heteroatoms. The number of thioether (sulfide) groups is 1. The first-order valence-electron chi connectivity index (χ1n) is 4.57. The summed E-state index contributed by atoms with van der Waals surface area (Å²) in [5.41, 5.74) is 0. The predicted octanol–water partition coefficient (Wildman–Crippen LogP) is 2.95. The summed E-state index contributed by atoms with van der Waals surface area (Å²) in [4.78, 5) is 0. The second kappa shape index (κ2) is 10.3. The molecule has 68 valence electrons. The van der Waals surface area contributed by atoms with Gasteiger partial charge in [0.05, 0.1) is 6.61 Å².